The molecule has 0 aromatic heterocycles. The molecule has 1 fully saturated rings. The van der Waals surface area contributed by atoms with Gasteiger partial charge in [-0.05, 0) is 83.4 Å². The number of carbonyl (C=O) groups is 10. The van der Waals surface area contributed by atoms with E-state index in [4.69, 9.17) is 9.47 Å². The molecule has 1 aliphatic heterocycles. The molecule has 0 saturated carbocycles. The summed E-state index contributed by atoms with van der Waals surface area (Å²) >= 11 is 0. The largest absolute Gasteiger partial charge is 0.497 e. The number of nitrogens with one attached hydrogen (secondary N) is 4. The first-order valence-electron chi connectivity index (χ1n) is 24.6. The Morgan fingerprint density at radius 2 is 1.25 bits per heavy atom. The summed E-state index contributed by atoms with van der Waals surface area (Å²) in [6.07, 6.45) is -0.495. The fourth-order valence-corrected chi connectivity index (χ4v) is 8.40. The van der Waals surface area contributed by atoms with E-state index in [2.05, 4.69) is 21.3 Å². The van der Waals surface area contributed by atoms with Crippen LogP contribution in [0.4, 0.5) is 0 Å². The summed E-state index contributed by atoms with van der Waals surface area (Å²) in [5.41, 5.74) is -1.15. The molecule has 1 aromatic rings. The Hall–Kier alpha value is -6.08. The average molecular weight is 999 g/mol. The number of hydrogen-bond donors (Lipinski definition) is 4. The highest BCUT2D eigenvalue weighted by Crippen LogP contribution is 2.25. The minimum absolute atomic E-state index is 0.0319. The first-order chi connectivity index (χ1) is 33.0. The van der Waals surface area contributed by atoms with Crippen molar-refractivity contribution in [2.75, 3.05) is 48.4 Å². The summed E-state index contributed by atoms with van der Waals surface area (Å²) < 4.78 is 11.1. The van der Waals surface area contributed by atoms with Crippen molar-refractivity contribution in [1.29, 1.82) is 0 Å². The molecule has 1 aromatic carbocycles. The minimum Gasteiger partial charge on any atom is -0.497 e. The average Bonchev–Trinajstić information content (AvgIpc) is 3.33. The number of ketones is 1. The van der Waals surface area contributed by atoms with Gasteiger partial charge in [0.15, 0.2) is 11.9 Å². The fourth-order valence-electron chi connectivity index (χ4n) is 8.40. The predicted molar refractivity (Wildman–Crippen MR) is 266 cm³/mol. The molecule has 8 amide bonds. The van der Waals surface area contributed by atoms with E-state index in [0.29, 0.717) is 17.7 Å². The number of ether oxygens (including phenoxy) is 2. The summed E-state index contributed by atoms with van der Waals surface area (Å²) in [7, 11) is 7.09. The van der Waals surface area contributed by atoms with Gasteiger partial charge in [0, 0.05) is 46.6 Å². The van der Waals surface area contributed by atoms with E-state index in [0.717, 1.165) is 4.90 Å². The molecule has 0 aliphatic carbocycles. The molecule has 1 saturated heterocycles. The number of Topliss-reactive ketones (excluding diaryl/α,β-unsaturated/α-hetero) is 1. The predicted octanol–water partition coefficient (Wildman–Crippen LogP) is 2.10. The molecule has 20 nitrogen and oxygen atoms in total. The number of likely N-dealkylation sites (N-methyl/N-ethyl adjacent to an activating group) is 4. The first-order valence-corrected chi connectivity index (χ1v) is 24.6. The quantitative estimate of drug-likeness (QED) is 0.205. The SMILES string of the molecule is CC[C@H](C)[C@@H]1OC(=O)[C@@H](C)[C@@H](CC)NC(=O)[C@H](C)N(C)C(=O)C(C)(C)C(=O)[C@@H](C)NC(=O)C(Cc2ccc(OC)cc2)N(C)C(=O)[C@H](C(C)C)N(C)C(=O)CNC(=O)[C@@H](CC(C)C)N(C)C(=O)CNC1=O. The van der Waals surface area contributed by atoms with Gasteiger partial charge in [-0.25, -0.2) is 0 Å². The molecule has 9 atom stereocenters. The summed E-state index contributed by atoms with van der Waals surface area (Å²) in [5, 5.41) is 10.7. The zero-order valence-corrected chi connectivity index (χ0v) is 45.1. The van der Waals surface area contributed by atoms with Crippen LogP contribution in [0.25, 0.3) is 0 Å². The van der Waals surface area contributed by atoms with Crippen LogP contribution in [0, 0.1) is 29.1 Å². The Kier molecular flexibility index (Phi) is 23.2. The molecule has 398 valence electrons. The van der Waals surface area contributed by atoms with Crippen molar-refractivity contribution in [1.82, 2.24) is 40.9 Å². The van der Waals surface area contributed by atoms with E-state index in [1.165, 1.54) is 84.6 Å². The van der Waals surface area contributed by atoms with Crippen molar-refractivity contribution in [2.45, 2.75) is 151 Å². The maximum Gasteiger partial charge on any atom is 0.311 e. The molecule has 4 N–H and O–H groups in total. The standard InChI is InChI=1S/C51H82N8O12/c1-18-30(7)42-47(66)53-26-39(60)57(14)37(24-28(3)4)45(64)52-27-40(61)59(16)41(29(5)6)48(67)58(15)38(25-34-20-22-35(70-17)23-21-34)46(65)54-32(9)43(62)51(11,12)50(69)56(13)33(10)44(63)55-36(19-2)31(8)49(68)71-42/h20-23,28-33,36-38,41-42H,18-19,24-27H2,1-17H3,(H,52,64)(H,53,66)(H,54,65)(H,55,63)/t30-,31-,32+,33-,36+,37+,38?,41-,42-/m0/s1. The normalized spacial score (nSPS) is 26.7. The molecule has 1 unspecified atom stereocenters. The molecule has 0 spiro atoms. The third-order valence-electron chi connectivity index (χ3n) is 13.7. The van der Waals surface area contributed by atoms with Gasteiger partial charge in [-0.15, -0.1) is 0 Å². The lowest BCUT2D eigenvalue weighted by molar-refractivity contribution is -0.164. The number of nitrogens with zero attached hydrogens (tertiary/aromatic N) is 4. The van der Waals surface area contributed by atoms with E-state index >= 15 is 0 Å². The van der Waals surface area contributed by atoms with Gasteiger partial charge in [0.25, 0.3) is 5.91 Å². The third-order valence-corrected chi connectivity index (χ3v) is 13.7. The van der Waals surface area contributed by atoms with Gasteiger partial charge in [0.1, 0.15) is 35.3 Å². The number of cyclic esters (lactones) is 1. The maximum absolute atomic E-state index is 14.6. The lowest BCUT2D eigenvalue weighted by atomic mass is 9.82. The molecule has 0 bridgehead atoms. The number of amides is 8. The van der Waals surface area contributed by atoms with E-state index < -0.39 is 138 Å². The van der Waals surface area contributed by atoms with Crippen LogP contribution in [0.1, 0.15) is 108 Å². The van der Waals surface area contributed by atoms with Gasteiger partial charge >= 0.3 is 5.97 Å². The molecule has 20 heteroatoms. The Morgan fingerprint density at radius 1 is 0.704 bits per heavy atom. The molecule has 71 heavy (non-hydrogen) atoms. The lowest BCUT2D eigenvalue weighted by Crippen LogP contribution is -2.60. The second-order valence-corrected chi connectivity index (χ2v) is 20.2. The second-order valence-electron chi connectivity index (χ2n) is 20.2. The molecule has 2 rings (SSSR count). The van der Waals surface area contributed by atoms with Gasteiger partial charge in [-0.3, -0.25) is 47.9 Å². The topological polar surface area (TPSA) is 250 Å². The molecular formula is C51H82N8O12. The van der Waals surface area contributed by atoms with Crippen LogP contribution in [0.5, 0.6) is 5.75 Å². The minimum atomic E-state index is -1.79. The Bertz CT molecular complexity index is 2080. The highest BCUT2D eigenvalue weighted by Gasteiger charge is 2.45. The second kappa shape index (κ2) is 26.9. The molecule has 1 heterocycles. The van der Waals surface area contributed by atoms with Crippen LogP contribution in [0.2, 0.25) is 0 Å². The highest BCUT2D eigenvalue weighted by atomic mass is 16.5. The van der Waals surface area contributed by atoms with E-state index in [1.807, 2.05) is 13.8 Å². The van der Waals surface area contributed by atoms with Gasteiger partial charge in [0.2, 0.25) is 41.4 Å². The number of carbonyl (C=O) groups excluding carboxylic acids is 10. The van der Waals surface area contributed by atoms with Gasteiger partial charge in [-0.2, -0.15) is 0 Å². The summed E-state index contributed by atoms with van der Waals surface area (Å²) in [4.78, 5) is 145. The number of hydrogen-bond acceptors (Lipinski definition) is 12. The fraction of sp³-hybridized carbons (Fsp3) is 0.686. The van der Waals surface area contributed by atoms with Gasteiger partial charge in [0.05, 0.1) is 32.2 Å². The van der Waals surface area contributed by atoms with Crippen molar-refractivity contribution in [2.24, 2.45) is 29.1 Å². The maximum atomic E-state index is 14.6. The van der Waals surface area contributed by atoms with Gasteiger partial charge in [-0.1, -0.05) is 60.6 Å². The number of methoxy groups -OCH3 is 1. The van der Waals surface area contributed by atoms with Crippen LogP contribution >= 0.6 is 0 Å². The van der Waals surface area contributed by atoms with Crippen LogP contribution in [0.15, 0.2) is 24.3 Å². The number of benzene rings is 1. The zero-order valence-electron chi connectivity index (χ0n) is 45.1. The number of rotatable bonds is 9. The number of esters is 1. The Morgan fingerprint density at radius 3 is 1.76 bits per heavy atom. The van der Waals surface area contributed by atoms with Crippen molar-refractivity contribution in [3.63, 3.8) is 0 Å². The lowest BCUT2D eigenvalue weighted by Gasteiger charge is -2.37. The summed E-state index contributed by atoms with van der Waals surface area (Å²) in [5.74, 6) is -8.41. The third kappa shape index (κ3) is 16.0. The highest BCUT2D eigenvalue weighted by molar-refractivity contribution is 6.09. The Balaban J connectivity index is 2.72. The monoisotopic (exact) mass is 999 g/mol. The van der Waals surface area contributed by atoms with Crippen molar-refractivity contribution >= 4 is 59.0 Å². The summed E-state index contributed by atoms with van der Waals surface area (Å²) in [6.45, 7) is 18.5. The van der Waals surface area contributed by atoms with E-state index in [9.17, 15) is 47.9 Å². The van der Waals surface area contributed by atoms with Crippen molar-refractivity contribution in [3.8, 4) is 5.75 Å². The van der Waals surface area contributed by atoms with Gasteiger partial charge < -0.3 is 50.3 Å². The summed E-state index contributed by atoms with van der Waals surface area (Å²) in [6, 6.07) is 0.125. The van der Waals surface area contributed by atoms with E-state index in [1.54, 1.807) is 58.9 Å². The van der Waals surface area contributed by atoms with Crippen LogP contribution in [0.3, 0.4) is 0 Å². The molecular weight excluding hydrogens is 917 g/mol. The zero-order chi connectivity index (χ0) is 54.4. The van der Waals surface area contributed by atoms with Crippen LogP contribution < -0.4 is 26.0 Å². The Labute approximate surface area is 420 Å². The molecule has 0 radical (unpaired) electrons. The first kappa shape index (κ1) is 61.0. The van der Waals surface area contributed by atoms with Crippen LogP contribution in [-0.2, 0) is 59.1 Å². The molecule has 1 aliphatic rings. The van der Waals surface area contributed by atoms with Crippen LogP contribution in [-0.4, -0.2) is 169 Å². The smallest absolute Gasteiger partial charge is 0.311 e. The van der Waals surface area contributed by atoms with Crippen molar-refractivity contribution in [3.05, 3.63) is 29.8 Å². The van der Waals surface area contributed by atoms with Crippen molar-refractivity contribution < 1.29 is 57.4 Å². The van der Waals surface area contributed by atoms with E-state index in [-0.39, 0.29) is 25.2 Å².